The normalized spacial score (nSPS) is 11.0. The highest BCUT2D eigenvalue weighted by Gasteiger charge is 2.31. The van der Waals surface area contributed by atoms with Crippen LogP contribution >= 0.6 is 0 Å². The number of halogens is 3. The lowest BCUT2D eigenvalue weighted by atomic mass is 9.94. The quantitative estimate of drug-likeness (QED) is 0.836. The Morgan fingerprint density at radius 3 is 2.35 bits per heavy atom. The summed E-state index contributed by atoms with van der Waals surface area (Å²) >= 11 is 0. The van der Waals surface area contributed by atoms with Gasteiger partial charge < -0.3 is 10.4 Å². The van der Waals surface area contributed by atoms with Crippen molar-refractivity contribution in [3.63, 3.8) is 0 Å². The van der Waals surface area contributed by atoms with Crippen LogP contribution in [0.15, 0.2) is 6.07 Å². The van der Waals surface area contributed by atoms with Gasteiger partial charge in [0.25, 0.3) is 5.91 Å². The van der Waals surface area contributed by atoms with Gasteiger partial charge in [-0.3, -0.25) is 4.79 Å². The number of hydrogen-bond donors (Lipinski definition) is 2. The predicted molar refractivity (Wildman–Crippen MR) is 64.4 cm³/mol. The third-order valence-corrected chi connectivity index (χ3v) is 3.15. The molecule has 0 saturated heterocycles. The van der Waals surface area contributed by atoms with Crippen LogP contribution in [0, 0.1) is 28.8 Å². The predicted octanol–water partition coefficient (Wildman–Crippen LogP) is 2.62. The highest BCUT2D eigenvalue weighted by Crippen LogP contribution is 2.26. The standard InChI is InChI=1S/C13H13F3N2O2/c1-3-13(4-2,6-17)18-12(20)7-5-8(14)10(16)11(19)9(7)15/h5,19H,3-4H2,1-2H3,(H,18,20). The van der Waals surface area contributed by atoms with Crippen LogP contribution in [-0.2, 0) is 0 Å². The van der Waals surface area contributed by atoms with Crippen LogP contribution < -0.4 is 5.32 Å². The molecule has 0 fully saturated rings. The second-order valence-corrected chi connectivity index (χ2v) is 4.24. The highest BCUT2D eigenvalue weighted by atomic mass is 19.2. The molecule has 0 aliphatic heterocycles. The summed E-state index contributed by atoms with van der Waals surface area (Å²) in [7, 11) is 0. The minimum atomic E-state index is -1.77. The molecular formula is C13H13F3N2O2. The van der Waals surface area contributed by atoms with Crippen LogP contribution in [0.25, 0.3) is 0 Å². The summed E-state index contributed by atoms with van der Waals surface area (Å²) < 4.78 is 39.6. The average molecular weight is 286 g/mol. The second-order valence-electron chi connectivity index (χ2n) is 4.24. The van der Waals surface area contributed by atoms with Gasteiger partial charge in [-0.15, -0.1) is 0 Å². The molecule has 0 atom stereocenters. The van der Waals surface area contributed by atoms with Crippen molar-refractivity contribution in [2.24, 2.45) is 0 Å². The largest absolute Gasteiger partial charge is 0.503 e. The summed E-state index contributed by atoms with van der Waals surface area (Å²) in [5, 5.41) is 20.4. The maximum atomic E-state index is 13.6. The Labute approximate surface area is 113 Å². The molecule has 1 rings (SSSR count). The molecule has 0 aromatic heterocycles. The van der Waals surface area contributed by atoms with Crippen molar-refractivity contribution in [3.05, 3.63) is 29.1 Å². The van der Waals surface area contributed by atoms with E-state index in [0.717, 1.165) is 0 Å². The van der Waals surface area contributed by atoms with E-state index in [9.17, 15) is 18.0 Å². The first kappa shape index (κ1) is 15.8. The monoisotopic (exact) mass is 286 g/mol. The number of hydrogen-bond acceptors (Lipinski definition) is 3. The van der Waals surface area contributed by atoms with Crippen molar-refractivity contribution < 1.29 is 23.1 Å². The fourth-order valence-electron chi connectivity index (χ4n) is 1.65. The number of nitriles is 1. The second kappa shape index (κ2) is 5.82. The first-order valence-electron chi connectivity index (χ1n) is 5.92. The van der Waals surface area contributed by atoms with Crippen LogP contribution in [0.2, 0.25) is 0 Å². The summed E-state index contributed by atoms with van der Waals surface area (Å²) in [6.45, 7) is 3.29. The molecule has 20 heavy (non-hydrogen) atoms. The highest BCUT2D eigenvalue weighted by molar-refractivity contribution is 5.95. The zero-order valence-corrected chi connectivity index (χ0v) is 10.9. The van der Waals surface area contributed by atoms with Crippen molar-refractivity contribution >= 4 is 5.91 Å². The number of nitrogens with zero attached hydrogens (tertiary/aromatic N) is 1. The van der Waals surface area contributed by atoms with Gasteiger partial charge in [-0.25, -0.2) is 8.78 Å². The zero-order valence-electron chi connectivity index (χ0n) is 10.9. The van der Waals surface area contributed by atoms with E-state index in [-0.39, 0.29) is 12.8 Å². The van der Waals surface area contributed by atoms with E-state index in [1.807, 2.05) is 6.07 Å². The number of amides is 1. The van der Waals surface area contributed by atoms with Crippen molar-refractivity contribution in [2.45, 2.75) is 32.2 Å². The maximum Gasteiger partial charge on any atom is 0.255 e. The molecule has 0 spiro atoms. The van der Waals surface area contributed by atoms with E-state index < -0.39 is 40.2 Å². The molecule has 2 N–H and O–H groups in total. The van der Waals surface area contributed by atoms with Gasteiger partial charge in [-0.1, -0.05) is 13.8 Å². The molecule has 1 amide bonds. The van der Waals surface area contributed by atoms with E-state index in [2.05, 4.69) is 5.32 Å². The Morgan fingerprint density at radius 2 is 1.90 bits per heavy atom. The smallest absolute Gasteiger partial charge is 0.255 e. The molecule has 108 valence electrons. The third kappa shape index (κ3) is 2.69. The Bertz CT molecular complexity index is 578. The van der Waals surface area contributed by atoms with E-state index in [1.165, 1.54) is 0 Å². The molecule has 0 radical (unpaired) electrons. The number of carbonyl (C=O) groups is 1. The van der Waals surface area contributed by atoms with Gasteiger partial charge in [-0.05, 0) is 18.9 Å². The minimum absolute atomic E-state index is 0.253. The number of aromatic hydroxyl groups is 1. The molecule has 1 aromatic carbocycles. The zero-order chi connectivity index (χ0) is 15.5. The Hall–Kier alpha value is -2.23. The maximum absolute atomic E-state index is 13.6. The molecule has 1 aromatic rings. The molecule has 0 aliphatic carbocycles. The molecule has 0 unspecified atom stereocenters. The van der Waals surface area contributed by atoms with Gasteiger partial charge in [0, 0.05) is 0 Å². The third-order valence-electron chi connectivity index (χ3n) is 3.15. The average Bonchev–Trinajstić information content (AvgIpc) is 2.46. The van der Waals surface area contributed by atoms with Gasteiger partial charge in [0.2, 0.25) is 5.82 Å². The van der Waals surface area contributed by atoms with Crippen LogP contribution in [0.5, 0.6) is 5.75 Å². The van der Waals surface area contributed by atoms with Crippen LogP contribution in [0.3, 0.4) is 0 Å². The molecule has 0 heterocycles. The number of benzene rings is 1. The van der Waals surface area contributed by atoms with Crippen molar-refractivity contribution in [2.75, 3.05) is 0 Å². The molecular weight excluding hydrogens is 273 g/mol. The van der Waals surface area contributed by atoms with E-state index >= 15 is 0 Å². The summed E-state index contributed by atoms with van der Waals surface area (Å²) in [6.07, 6.45) is 0.506. The number of phenolic OH excluding ortho intramolecular Hbond substituents is 1. The summed E-state index contributed by atoms with van der Waals surface area (Å²) in [6, 6.07) is 2.23. The summed E-state index contributed by atoms with van der Waals surface area (Å²) in [5.41, 5.74) is -2.09. The van der Waals surface area contributed by atoms with Crippen molar-refractivity contribution in [3.8, 4) is 11.8 Å². The minimum Gasteiger partial charge on any atom is -0.503 e. The Morgan fingerprint density at radius 1 is 1.35 bits per heavy atom. The topological polar surface area (TPSA) is 73.1 Å². The molecule has 0 aliphatic rings. The first-order chi connectivity index (χ1) is 9.31. The SMILES string of the molecule is CCC(C#N)(CC)NC(=O)c1cc(F)c(F)c(O)c1F. The van der Waals surface area contributed by atoms with Gasteiger partial charge in [-0.2, -0.15) is 9.65 Å². The Balaban J connectivity index is 3.21. The van der Waals surface area contributed by atoms with Crippen molar-refractivity contribution in [1.82, 2.24) is 5.32 Å². The van der Waals surface area contributed by atoms with Crippen LogP contribution in [-0.4, -0.2) is 16.6 Å². The number of rotatable bonds is 4. The summed E-state index contributed by atoms with van der Waals surface area (Å²) in [4.78, 5) is 11.9. The van der Waals surface area contributed by atoms with Gasteiger partial charge in [0.05, 0.1) is 11.6 Å². The van der Waals surface area contributed by atoms with Crippen molar-refractivity contribution in [1.29, 1.82) is 5.26 Å². The Kier molecular flexibility index (Phi) is 4.61. The molecule has 7 heteroatoms. The molecule has 4 nitrogen and oxygen atoms in total. The van der Waals surface area contributed by atoms with Gasteiger partial charge >= 0.3 is 0 Å². The first-order valence-corrected chi connectivity index (χ1v) is 5.92. The molecule has 0 saturated carbocycles. The van der Waals surface area contributed by atoms with Gasteiger partial charge in [0.15, 0.2) is 17.4 Å². The van der Waals surface area contributed by atoms with Crippen LogP contribution in [0.1, 0.15) is 37.0 Å². The fourth-order valence-corrected chi connectivity index (χ4v) is 1.65. The lowest BCUT2D eigenvalue weighted by Crippen LogP contribution is -2.46. The number of carbonyl (C=O) groups excluding carboxylic acids is 1. The number of phenols is 1. The lowest BCUT2D eigenvalue weighted by molar-refractivity contribution is 0.0909. The summed E-state index contributed by atoms with van der Waals surface area (Å²) in [5.74, 6) is -7.55. The number of nitrogens with one attached hydrogen (secondary N) is 1. The van der Waals surface area contributed by atoms with E-state index in [4.69, 9.17) is 10.4 Å². The van der Waals surface area contributed by atoms with Gasteiger partial charge in [0.1, 0.15) is 5.54 Å². The van der Waals surface area contributed by atoms with E-state index in [0.29, 0.717) is 6.07 Å². The van der Waals surface area contributed by atoms with E-state index in [1.54, 1.807) is 13.8 Å². The van der Waals surface area contributed by atoms with Crippen LogP contribution in [0.4, 0.5) is 13.2 Å². The lowest BCUT2D eigenvalue weighted by Gasteiger charge is -2.25. The molecule has 0 bridgehead atoms. The fraction of sp³-hybridized carbons (Fsp3) is 0.385.